The van der Waals surface area contributed by atoms with E-state index in [1.165, 1.54) is 5.56 Å². The lowest BCUT2D eigenvalue weighted by Crippen LogP contribution is -2.03. The Morgan fingerprint density at radius 2 is 1.59 bits per heavy atom. The van der Waals surface area contributed by atoms with Crippen molar-refractivity contribution in [2.24, 2.45) is 0 Å². The molecule has 0 unspecified atom stereocenters. The van der Waals surface area contributed by atoms with E-state index in [4.69, 9.17) is 10.2 Å². The van der Waals surface area contributed by atoms with Crippen LogP contribution in [0.4, 0.5) is 17.4 Å². The van der Waals surface area contributed by atoms with Gasteiger partial charge in [0.1, 0.15) is 17.8 Å². The third-order valence-corrected chi connectivity index (χ3v) is 5.31. The van der Waals surface area contributed by atoms with Gasteiger partial charge in [-0.2, -0.15) is 0 Å². The zero-order valence-corrected chi connectivity index (χ0v) is 17.9. The molecule has 6 heteroatoms. The first kappa shape index (κ1) is 19.6. The van der Waals surface area contributed by atoms with Crippen molar-refractivity contribution >= 4 is 17.4 Å². The lowest BCUT2D eigenvalue weighted by atomic mass is 10.1. The van der Waals surface area contributed by atoms with Crippen LogP contribution in [0.25, 0.3) is 28.5 Å². The van der Waals surface area contributed by atoms with Crippen LogP contribution in [-0.2, 0) is 0 Å². The summed E-state index contributed by atoms with van der Waals surface area (Å²) in [5.74, 6) is 1.46. The molecule has 2 heterocycles. The molecule has 0 aliphatic heterocycles. The Labute approximate surface area is 186 Å². The predicted molar refractivity (Wildman–Crippen MR) is 128 cm³/mol. The van der Waals surface area contributed by atoms with E-state index in [0.717, 1.165) is 28.3 Å². The van der Waals surface area contributed by atoms with Gasteiger partial charge in [-0.15, -0.1) is 0 Å². The van der Waals surface area contributed by atoms with Gasteiger partial charge in [0.05, 0.1) is 5.69 Å². The number of aromatic nitrogens is 3. The number of nitrogens with two attached hydrogens (primary N) is 1. The summed E-state index contributed by atoms with van der Waals surface area (Å²) < 4.78 is 7.83. The van der Waals surface area contributed by atoms with Crippen molar-refractivity contribution in [1.29, 1.82) is 0 Å². The molecule has 5 aromatic rings. The summed E-state index contributed by atoms with van der Waals surface area (Å²) in [5.41, 5.74) is 12.6. The normalized spacial score (nSPS) is 10.9. The molecule has 6 nitrogen and oxygen atoms in total. The molecule has 0 saturated carbocycles. The second-order valence-electron chi connectivity index (χ2n) is 7.69. The molecule has 0 aliphatic rings. The molecule has 32 heavy (non-hydrogen) atoms. The maximum Gasteiger partial charge on any atom is 0.229 e. The molecule has 158 valence electrons. The highest BCUT2D eigenvalue weighted by Gasteiger charge is 2.22. The number of hydrogen-bond donors (Lipinski definition) is 2. The van der Waals surface area contributed by atoms with E-state index in [1.807, 2.05) is 65.2 Å². The van der Waals surface area contributed by atoms with E-state index >= 15 is 0 Å². The zero-order valence-electron chi connectivity index (χ0n) is 17.9. The first-order valence-corrected chi connectivity index (χ1v) is 10.4. The number of rotatable bonds is 5. The van der Waals surface area contributed by atoms with Crippen LogP contribution >= 0.6 is 0 Å². The molecule has 0 spiro atoms. The van der Waals surface area contributed by atoms with Crippen molar-refractivity contribution in [2.75, 3.05) is 11.1 Å². The topological polar surface area (TPSA) is 81.9 Å². The number of para-hydroxylation sites is 1. The van der Waals surface area contributed by atoms with Crippen LogP contribution in [-0.4, -0.2) is 14.5 Å². The van der Waals surface area contributed by atoms with Gasteiger partial charge >= 0.3 is 0 Å². The van der Waals surface area contributed by atoms with Crippen LogP contribution in [0, 0.1) is 13.8 Å². The molecule has 0 radical (unpaired) electrons. The average Bonchev–Trinajstić information content (AvgIpc) is 3.38. The standard InChI is InChI=1S/C26H23N5O/c1-17-13-14-21(18(2)15-17)31-16-28-23(25(31)29-20-11-7-4-8-12-20)22-24(27)32-26(30-22)19-9-5-3-6-10-19/h3-16,29H,27H2,1-2H3. The third-order valence-electron chi connectivity index (χ3n) is 5.31. The van der Waals surface area contributed by atoms with Gasteiger partial charge in [0, 0.05) is 11.3 Å². The third kappa shape index (κ3) is 3.63. The lowest BCUT2D eigenvalue weighted by molar-refractivity contribution is 0.594. The Morgan fingerprint density at radius 1 is 0.875 bits per heavy atom. The Hall–Kier alpha value is -4.32. The highest BCUT2D eigenvalue weighted by Crippen LogP contribution is 2.37. The zero-order chi connectivity index (χ0) is 22.1. The van der Waals surface area contributed by atoms with Crippen molar-refractivity contribution in [3.63, 3.8) is 0 Å². The fourth-order valence-electron chi connectivity index (χ4n) is 3.76. The summed E-state index contributed by atoms with van der Waals surface area (Å²) in [6.07, 6.45) is 1.79. The molecule has 5 rings (SSSR count). The number of nitrogens with zero attached hydrogens (tertiary/aromatic N) is 3. The average molecular weight is 422 g/mol. The number of hydrogen-bond acceptors (Lipinski definition) is 5. The molecule has 0 fully saturated rings. The van der Waals surface area contributed by atoms with Crippen LogP contribution < -0.4 is 11.1 Å². The summed E-state index contributed by atoms with van der Waals surface area (Å²) in [7, 11) is 0. The molecule has 3 N–H and O–H groups in total. The predicted octanol–water partition coefficient (Wildman–Crippen LogP) is 6.14. The number of anilines is 3. The van der Waals surface area contributed by atoms with Gasteiger partial charge in [-0.05, 0) is 49.7 Å². The molecular weight excluding hydrogens is 398 g/mol. The summed E-state index contributed by atoms with van der Waals surface area (Å²) >= 11 is 0. The van der Waals surface area contributed by atoms with Gasteiger partial charge in [-0.1, -0.05) is 54.1 Å². The smallest absolute Gasteiger partial charge is 0.229 e. The van der Waals surface area contributed by atoms with Gasteiger partial charge in [-0.25, -0.2) is 9.97 Å². The Morgan fingerprint density at radius 3 is 2.31 bits per heavy atom. The quantitative estimate of drug-likeness (QED) is 0.356. The molecular formula is C26H23N5O. The van der Waals surface area contributed by atoms with E-state index in [1.54, 1.807) is 6.33 Å². The number of nitrogen functional groups attached to an aromatic ring is 1. The van der Waals surface area contributed by atoms with E-state index in [-0.39, 0.29) is 5.88 Å². The monoisotopic (exact) mass is 421 g/mol. The minimum atomic E-state index is 0.228. The number of nitrogens with one attached hydrogen (secondary N) is 1. The molecule has 0 amide bonds. The minimum Gasteiger partial charge on any atom is -0.420 e. The largest absolute Gasteiger partial charge is 0.420 e. The molecule has 0 bridgehead atoms. The fraction of sp³-hybridized carbons (Fsp3) is 0.0769. The van der Waals surface area contributed by atoms with Crippen molar-refractivity contribution in [3.8, 4) is 28.5 Å². The van der Waals surface area contributed by atoms with Gasteiger partial charge in [-0.3, -0.25) is 4.57 Å². The number of imidazole rings is 1. The van der Waals surface area contributed by atoms with Gasteiger partial charge in [0.2, 0.25) is 11.8 Å². The van der Waals surface area contributed by atoms with Crippen LogP contribution in [0.15, 0.2) is 89.6 Å². The SMILES string of the molecule is Cc1ccc(-n2cnc(-c3nc(-c4ccccc4)oc3N)c2Nc2ccccc2)c(C)c1. The number of benzene rings is 3. The second-order valence-corrected chi connectivity index (χ2v) is 7.69. The Bertz CT molecular complexity index is 1370. The molecule has 0 saturated heterocycles. The van der Waals surface area contributed by atoms with Gasteiger partial charge in [0.25, 0.3) is 0 Å². The first-order valence-electron chi connectivity index (χ1n) is 10.4. The van der Waals surface area contributed by atoms with E-state index < -0.39 is 0 Å². The fourth-order valence-corrected chi connectivity index (χ4v) is 3.76. The molecule has 0 atom stereocenters. The van der Waals surface area contributed by atoms with Crippen LogP contribution in [0.5, 0.6) is 0 Å². The first-order chi connectivity index (χ1) is 15.6. The summed E-state index contributed by atoms with van der Waals surface area (Å²) in [6.45, 7) is 4.17. The molecule has 3 aromatic carbocycles. The van der Waals surface area contributed by atoms with Crippen molar-refractivity contribution < 1.29 is 4.42 Å². The Kier molecular flexibility index (Phi) is 4.95. The van der Waals surface area contributed by atoms with Crippen molar-refractivity contribution in [1.82, 2.24) is 14.5 Å². The van der Waals surface area contributed by atoms with Crippen LogP contribution in [0.3, 0.4) is 0 Å². The highest BCUT2D eigenvalue weighted by atomic mass is 16.4. The second kappa shape index (κ2) is 8.07. The summed E-state index contributed by atoms with van der Waals surface area (Å²) in [4.78, 5) is 9.38. The number of oxazole rings is 1. The Balaban J connectivity index is 1.66. The lowest BCUT2D eigenvalue weighted by Gasteiger charge is -2.14. The maximum absolute atomic E-state index is 6.26. The highest BCUT2D eigenvalue weighted by molar-refractivity contribution is 5.81. The van der Waals surface area contributed by atoms with E-state index in [2.05, 4.69) is 47.3 Å². The molecule has 0 aliphatic carbocycles. The van der Waals surface area contributed by atoms with Crippen molar-refractivity contribution in [2.45, 2.75) is 13.8 Å². The van der Waals surface area contributed by atoms with Crippen LogP contribution in [0.2, 0.25) is 0 Å². The van der Waals surface area contributed by atoms with Crippen LogP contribution in [0.1, 0.15) is 11.1 Å². The van der Waals surface area contributed by atoms with Gasteiger partial charge in [0.15, 0.2) is 5.69 Å². The maximum atomic E-state index is 6.26. The van der Waals surface area contributed by atoms with E-state index in [0.29, 0.717) is 17.3 Å². The number of aryl methyl sites for hydroxylation is 2. The van der Waals surface area contributed by atoms with E-state index in [9.17, 15) is 0 Å². The molecule has 2 aromatic heterocycles. The summed E-state index contributed by atoms with van der Waals surface area (Å²) in [6, 6.07) is 26.0. The summed E-state index contributed by atoms with van der Waals surface area (Å²) in [5, 5.41) is 3.50. The minimum absolute atomic E-state index is 0.228. The van der Waals surface area contributed by atoms with Gasteiger partial charge < -0.3 is 15.5 Å². The van der Waals surface area contributed by atoms with Crippen molar-refractivity contribution in [3.05, 3.63) is 96.3 Å².